The Balaban J connectivity index is 1.65. The van der Waals surface area contributed by atoms with Gasteiger partial charge in [-0.1, -0.05) is 18.2 Å². The van der Waals surface area contributed by atoms with Crippen LogP contribution in [0.2, 0.25) is 0 Å². The van der Waals surface area contributed by atoms with Crippen LogP contribution in [0.4, 0.5) is 11.4 Å². The number of nitrogens with zero attached hydrogens (tertiary/aromatic N) is 1. The molecule has 1 saturated heterocycles. The van der Waals surface area contributed by atoms with Gasteiger partial charge in [-0.2, -0.15) is 0 Å². The summed E-state index contributed by atoms with van der Waals surface area (Å²) in [5.41, 5.74) is 1.53. The third-order valence-electron chi connectivity index (χ3n) is 3.92. The molecule has 2 aromatic rings. The number of carbonyl (C=O) groups excluding carboxylic acids is 2. The van der Waals surface area contributed by atoms with Crippen LogP contribution in [0.25, 0.3) is 0 Å². The van der Waals surface area contributed by atoms with Crippen molar-refractivity contribution in [1.29, 1.82) is 0 Å². The number of benzene rings is 2. The van der Waals surface area contributed by atoms with E-state index in [2.05, 4.69) is 5.32 Å². The molecule has 5 heteroatoms. The zero-order chi connectivity index (χ0) is 16.2. The lowest BCUT2D eigenvalue weighted by atomic mass is 10.1. The lowest BCUT2D eigenvalue weighted by Crippen LogP contribution is -2.28. The summed E-state index contributed by atoms with van der Waals surface area (Å²) in [6.07, 6.45) is 0.233. The summed E-state index contributed by atoms with van der Waals surface area (Å²) >= 11 is 0. The summed E-state index contributed by atoms with van der Waals surface area (Å²) in [7, 11) is 1.59. The Morgan fingerprint density at radius 1 is 1.13 bits per heavy atom. The van der Waals surface area contributed by atoms with Gasteiger partial charge in [-0.15, -0.1) is 0 Å². The fourth-order valence-corrected chi connectivity index (χ4v) is 2.66. The highest BCUT2D eigenvalue weighted by atomic mass is 16.5. The largest absolute Gasteiger partial charge is 0.497 e. The van der Waals surface area contributed by atoms with Crippen LogP contribution in [0, 0.1) is 5.92 Å². The summed E-state index contributed by atoms with van der Waals surface area (Å²) in [6, 6.07) is 16.5. The van der Waals surface area contributed by atoms with E-state index >= 15 is 0 Å². The van der Waals surface area contributed by atoms with E-state index < -0.39 is 0 Å². The fraction of sp³-hybridized carbons (Fsp3) is 0.222. The first-order valence-electron chi connectivity index (χ1n) is 7.47. The monoisotopic (exact) mass is 310 g/mol. The smallest absolute Gasteiger partial charge is 0.229 e. The van der Waals surface area contributed by atoms with Gasteiger partial charge in [0.1, 0.15) is 5.75 Å². The zero-order valence-electron chi connectivity index (χ0n) is 12.9. The number of rotatable bonds is 4. The second-order valence-electron chi connectivity index (χ2n) is 5.46. The van der Waals surface area contributed by atoms with Gasteiger partial charge in [0, 0.05) is 24.3 Å². The first kappa shape index (κ1) is 15.1. The molecule has 0 radical (unpaired) electrons. The number of nitrogens with one attached hydrogen (secondary N) is 1. The van der Waals surface area contributed by atoms with E-state index in [1.54, 1.807) is 36.3 Å². The molecule has 0 bridgehead atoms. The fourth-order valence-electron chi connectivity index (χ4n) is 2.66. The molecule has 1 aliphatic heterocycles. The first-order chi connectivity index (χ1) is 11.2. The zero-order valence-corrected chi connectivity index (χ0v) is 12.9. The van der Waals surface area contributed by atoms with Crippen LogP contribution < -0.4 is 15.0 Å². The molecule has 118 valence electrons. The molecule has 1 atom stereocenters. The van der Waals surface area contributed by atoms with Crippen molar-refractivity contribution in [1.82, 2.24) is 0 Å². The Morgan fingerprint density at radius 2 is 1.83 bits per heavy atom. The highest BCUT2D eigenvalue weighted by molar-refractivity contribution is 6.03. The number of anilines is 2. The van der Waals surface area contributed by atoms with Gasteiger partial charge in [-0.25, -0.2) is 0 Å². The normalized spacial score (nSPS) is 17.2. The molecule has 2 aromatic carbocycles. The first-order valence-corrected chi connectivity index (χ1v) is 7.47. The van der Waals surface area contributed by atoms with Crippen LogP contribution in [0.3, 0.4) is 0 Å². The minimum Gasteiger partial charge on any atom is -0.497 e. The summed E-state index contributed by atoms with van der Waals surface area (Å²) in [6.45, 7) is 0.408. The quantitative estimate of drug-likeness (QED) is 0.944. The molecule has 1 heterocycles. The van der Waals surface area contributed by atoms with Gasteiger partial charge in [0.05, 0.1) is 13.0 Å². The van der Waals surface area contributed by atoms with Crippen molar-refractivity contribution in [3.05, 3.63) is 54.6 Å². The Hall–Kier alpha value is -2.82. The molecule has 1 unspecified atom stereocenters. The number of carbonyl (C=O) groups is 2. The predicted molar refractivity (Wildman–Crippen MR) is 88.5 cm³/mol. The topological polar surface area (TPSA) is 58.6 Å². The van der Waals surface area contributed by atoms with Crippen LogP contribution in [-0.4, -0.2) is 25.5 Å². The molecular formula is C18H18N2O3. The molecule has 2 amide bonds. The average Bonchev–Trinajstić information content (AvgIpc) is 2.98. The summed E-state index contributed by atoms with van der Waals surface area (Å²) in [5.74, 6) is 0.229. The number of amides is 2. The number of para-hydroxylation sites is 1. The minimum atomic E-state index is -0.343. The van der Waals surface area contributed by atoms with Crippen LogP contribution in [-0.2, 0) is 9.59 Å². The van der Waals surface area contributed by atoms with E-state index in [-0.39, 0.29) is 24.2 Å². The molecule has 0 aromatic heterocycles. The standard InChI is InChI=1S/C18H18N2O3/c1-23-16-9-7-14(8-10-16)19-18(22)13-11-17(21)20(12-13)15-5-3-2-4-6-15/h2-10,13H,11-12H2,1H3,(H,19,22). The maximum Gasteiger partial charge on any atom is 0.229 e. The van der Waals surface area contributed by atoms with Crippen molar-refractivity contribution in [2.75, 3.05) is 23.9 Å². The van der Waals surface area contributed by atoms with E-state index in [1.807, 2.05) is 30.3 Å². The molecule has 1 aliphatic rings. The lowest BCUT2D eigenvalue weighted by molar-refractivity contribution is -0.122. The van der Waals surface area contributed by atoms with Crippen LogP contribution in [0.5, 0.6) is 5.75 Å². The molecule has 3 rings (SSSR count). The highest BCUT2D eigenvalue weighted by Crippen LogP contribution is 2.26. The lowest BCUT2D eigenvalue weighted by Gasteiger charge is -2.16. The maximum atomic E-state index is 12.4. The third-order valence-corrected chi connectivity index (χ3v) is 3.92. The molecule has 23 heavy (non-hydrogen) atoms. The van der Waals surface area contributed by atoms with E-state index in [0.717, 1.165) is 11.4 Å². The van der Waals surface area contributed by atoms with Crippen LogP contribution in [0.1, 0.15) is 6.42 Å². The maximum absolute atomic E-state index is 12.4. The Morgan fingerprint density at radius 3 is 2.48 bits per heavy atom. The second-order valence-corrected chi connectivity index (χ2v) is 5.46. The molecule has 0 aliphatic carbocycles. The van der Waals surface area contributed by atoms with Crippen LogP contribution in [0.15, 0.2) is 54.6 Å². The molecule has 5 nitrogen and oxygen atoms in total. The van der Waals surface area contributed by atoms with Gasteiger partial charge in [-0.05, 0) is 36.4 Å². The number of hydrogen-bond acceptors (Lipinski definition) is 3. The minimum absolute atomic E-state index is 0.0221. The third kappa shape index (κ3) is 3.34. The number of hydrogen-bond donors (Lipinski definition) is 1. The number of methoxy groups -OCH3 is 1. The number of ether oxygens (including phenoxy) is 1. The SMILES string of the molecule is COc1ccc(NC(=O)C2CC(=O)N(c3ccccc3)C2)cc1. The average molecular weight is 310 g/mol. The van der Waals surface area contributed by atoms with E-state index in [0.29, 0.717) is 12.2 Å². The highest BCUT2D eigenvalue weighted by Gasteiger charge is 2.35. The molecule has 0 spiro atoms. The van der Waals surface area contributed by atoms with Crippen molar-refractivity contribution in [2.45, 2.75) is 6.42 Å². The van der Waals surface area contributed by atoms with Crippen molar-refractivity contribution in [2.24, 2.45) is 5.92 Å². The summed E-state index contributed by atoms with van der Waals surface area (Å²) in [4.78, 5) is 26.2. The predicted octanol–water partition coefficient (Wildman–Crippen LogP) is 2.69. The van der Waals surface area contributed by atoms with Crippen molar-refractivity contribution < 1.29 is 14.3 Å². The molecule has 1 N–H and O–H groups in total. The van der Waals surface area contributed by atoms with Crippen LogP contribution >= 0.6 is 0 Å². The van der Waals surface area contributed by atoms with Crippen molar-refractivity contribution >= 4 is 23.2 Å². The summed E-state index contributed by atoms with van der Waals surface area (Å²) in [5, 5.41) is 2.85. The van der Waals surface area contributed by atoms with E-state index in [1.165, 1.54) is 0 Å². The van der Waals surface area contributed by atoms with Gasteiger partial charge in [-0.3, -0.25) is 9.59 Å². The van der Waals surface area contributed by atoms with Gasteiger partial charge < -0.3 is 15.0 Å². The van der Waals surface area contributed by atoms with Gasteiger partial charge in [0.25, 0.3) is 0 Å². The van der Waals surface area contributed by atoms with Gasteiger partial charge in [0.15, 0.2) is 0 Å². The van der Waals surface area contributed by atoms with Gasteiger partial charge >= 0.3 is 0 Å². The Bertz CT molecular complexity index is 698. The second kappa shape index (κ2) is 6.52. The Kier molecular flexibility index (Phi) is 4.28. The molecule has 0 saturated carbocycles. The molecular weight excluding hydrogens is 292 g/mol. The van der Waals surface area contributed by atoms with Crippen molar-refractivity contribution in [3.63, 3.8) is 0 Å². The van der Waals surface area contributed by atoms with E-state index in [9.17, 15) is 9.59 Å². The van der Waals surface area contributed by atoms with Gasteiger partial charge in [0.2, 0.25) is 11.8 Å². The van der Waals surface area contributed by atoms with Crippen molar-refractivity contribution in [3.8, 4) is 5.75 Å². The Labute approximate surface area is 134 Å². The van der Waals surface area contributed by atoms with E-state index in [4.69, 9.17) is 4.74 Å². The molecule has 1 fully saturated rings. The summed E-state index contributed by atoms with van der Waals surface area (Å²) < 4.78 is 5.09.